The van der Waals surface area contributed by atoms with Crippen molar-refractivity contribution in [3.8, 4) is 0 Å². The molecule has 0 saturated heterocycles. The minimum Gasteiger partial charge on any atom is -0.755 e. The van der Waals surface area contributed by atoms with Gasteiger partial charge in [-0.25, -0.2) is 4.79 Å². The van der Waals surface area contributed by atoms with Crippen molar-refractivity contribution >= 4 is 92.4 Å². The molecule has 0 aliphatic rings. The smallest absolute Gasteiger partial charge is 0.323 e. The highest BCUT2D eigenvalue weighted by atomic mass is 35.5. The third-order valence-electron chi connectivity index (χ3n) is 2.79. The van der Waals surface area contributed by atoms with Crippen LogP contribution < -0.4 is 15.4 Å². The molecule has 0 aliphatic carbocycles. The molecule has 0 spiro atoms. The van der Waals surface area contributed by atoms with Gasteiger partial charge in [-0.2, -0.15) is 0 Å². The number of hydrogen-bond acceptors (Lipinski definition) is 3. The maximum absolute atomic E-state index is 12.1. The van der Waals surface area contributed by atoms with E-state index in [-0.39, 0.29) is 30.8 Å². The summed E-state index contributed by atoms with van der Waals surface area (Å²) in [6, 6.07) is 5.22. The van der Waals surface area contributed by atoms with Gasteiger partial charge in [0.15, 0.2) is 0 Å². The van der Waals surface area contributed by atoms with E-state index >= 15 is 0 Å². The normalized spacial score (nSPS) is 11.8. The van der Waals surface area contributed by atoms with Gasteiger partial charge in [-0.3, -0.25) is 4.21 Å². The summed E-state index contributed by atoms with van der Waals surface area (Å²) in [4.78, 5) is 12.1. The molecule has 2 rings (SSSR count). The zero-order valence-corrected chi connectivity index (χ0v) is 16.4. The summed E-state index contributed by atoms with van der Waals surface area (Å²) in [5.41, 5.74) is 0.722. The van der Waals surface area contributed by atoms with Gasteiger partial charge in [0.05, 0.1) is 30.8 Å². The van der Waals surface area contributed by atoms with E-state index in [1.54, 1.807) is 0 Å². The summed E-state index contributed by atoms with van der Waals surface area (Å²) in [6.45, 7) is 0. The number of rotatable bonds is 4. The Bertz CT molecular complexity index is 819. The number of halogens is 5. The Morgan fingerprint density at radius 1 is 0.800 bits per heavy atom. The van der Waals surface area contributed by atoms with Gasteiger partial charge in [-0.1, -0.05) is 58.0 Å². The molecule has 0 aromatic heterocycles. The Hall–Kier alpha value is -0.930. The predicted octanol–water partition coefficient (Wildman–Crippen LogP) is 5.80. The van der Waals surface area contributed by atoms with Gasteiger partial charge < -0.3 is 19.9 Å². The Labute approximate surface area is 170 Å². The second-order valence-electron chi connectivity index (χ2n) is 4.44. The van der Waals surface area contributed by atoms with Crippen LogP contribution in [0.2, 0.25) is 25.1 Å². The van der Waals surface area contributed by atoms with Crippen LogP contribution in [-0.2, 0) is 11.3 Å². The van der Waals surface area contributed by atoms with Crippen LogP contribution in [0.3, 0.4) is 0 Å². The lowest BCUT2D eigenvalue weighted by Crippen LogP contribution is -2.20. The van der Waals surface area contributed by atoms with Crippen LogP contribution >= 0.6 is 58.0 Å². The topological polar surface area (TPSA) is 93.3 Å². The van der Waals surface area contributed by atoms with Crippen LogP contribution in [0.5, 0.6) is 0 Å². The van der Waals surface area contributed by atoms with Crippen LogP contribution in [0.15, 0.2) is 24.3 Å². The van der Waals surface area contributed by atoms with Crippen LogP contribution in [0, 0.1) is 0 Å². The molecule has 0 aliphatic heterocycles. The fourth-order valence-electron chi connectivity index (χ4n) is 1.71. The summed E-state index contributed by atoms with van der Waals surface area (Å²) in [5, 5.41) is 4.70. The third-order valence-corrected chi connectivity index (χ3v) is 5.47. The fourth-order valence-corrected chi connectivity index (χ4v) is 3.27. The Balaban J connectivity index is 2.14. The van der Waals surface area contributed by atoms with Crippen molar-refractivity contribution in [2.24, 2.45) is 0 Å². The lowest BCUT2D eigenvalue weighted by atomic mass is 10.3. The predicted molar refractivity (Wildman–Crippen MR) is 103 cm³/mol. The summed E-state index contributed by atoms with van der Waals surface area (Å²) >= 11 is 27.3. The summed E-state index contributed by atoms with van der Waals surface area (Å²) in [7, 11) is 0. The molecule has 2 aromatic carbocycles. The first-order chi connectivity index (χ1) is 11.7. The van der Waals surface area contributed by atoms with Crippen molar-refractivity contribution in [2.75, 3.05) is 15.4 Å². The minimum absolute atomic E-state index is 0.000252. The first kappa shape index (κ1) is 20.4. The molecule has 0 bridgehead atoms. The molecule has 1 atom stereocenters. The molecule has 1 unspecified atom stereocenters. The minimum atomic E-state index is -2.44. The molecule has 3 N–H and O–H groups in total. The van der Waals surface area contributed by atoms with Gasteiger partial charge in [-0.15, -0.1) is 0 Å². The van der Waals surface area contributed by atoms with Gasteiger partial charge in [0.1, 0.15) is 0 Å². The van der Waals surface area contributed by atoms with Crippen LogP contribution in [0.4, 0.5) is 21.9 Å². The van der Waals surface area contributed by atoms with Crippen LogP contribution in [0.1, 0.15) is 0 Å². The van der Waals surface area contributed by atoms with E-state index in [2.05, 4.69) is 15.4 Å². The number of amides is 2. The van der Waals surface area contributed by atoms with E-state index in [1.807, 2.05) is 0 Å². The average Bonchev–Trinajstić information content (AvgIpc) is 2.56. The van der Waals surface area contributed by atoms with Gasteiger partial charge in [0.25, 0.3) is 0 Å². The van der Waals surface area contributed by atoms with Crippen molar-refractivity contribution in [2.45, 2.75) is 0 Å². The largest absolute Gasteiger partial charge is 0.755 e. The second kappa shape index (κ2) is 8.64. The molecule has 0 saturated carbocycles. The molecule has 2 amide bonds. The van der Waals surface area contributed by atoms with E-state index in [1.165, 1.54) is 24.3 Å². The van der Waals surface area contributed by atoms with Gasteiger partial charge in [-0.05, 0) is 24.3 Å². The van der Waals surface area contributed by atoms with Crippen molar-refractivity contribution < 1.29 is 13.6 Å². The SMILES string of the molecule is O=C(Nc1ccc(NS(=O)[O-])cc1)Nc1c(Cl)c(Cl)c(Cl)c(Cl)c1Cl. The first-order valence-electron chi connectivity index (χ1n) is 6.26. The number of carbonyl (C=O) groups is 1. The fraction of sp³-hybridized carbons (Fsp3) is 0. The van der Waals surface area contributed by atoms with Crippen molar-refractivity contribution in [1.29, 1.82) is 0 Å². The van der Waals surface area contributed by atoms with E-state index in [0.29, 0.717) is 11.4 Å². The van der Waals surface area contributed by atoms with Gasteiger partial charge >= 0.3 is 6.03 Å². The maximum Gasteiger partial charge on any atom is 0.323 e. The third kappa shape index (κ3) is 5.04. The van der Waals surface area contributed by atoms with E-state index in [0.717, 1.165) is 0 Å². The standard InChI is InChI=1S/C13H8Cl5N3O3S/c14-7-8(15)10(17)12(11(18)9(7)16)20-13(22)19-5-1-3-6(4-2-5)21-25(23)24/h1-4,21H,(H,23,24)(H2,19,20,22)/p-1. The highest BCUT2D eigenvalue weighted by molar-refractivity contribution is 7.80. The Kier molecular flexibility index (Phi) is 7.04. The Morgan fingerprint density at radius 3 is 1.72 bits per heavy atom. The summed E-state index contributed by atoms with van der Waals surface area (Å²) in [5.74, 6) is 0. The molecular weight excluding hydrogens is 455 g/mol. The molecule has 0 heterocycles. The zero-order chi connectivity index (χ0) is 18.7. The molecule has 2 aromatic rings. The van der Waals surface area contributed by atoms with E-state index in [9.17, 15) is 13.6 Å². The average molecular weight is 463 g/mol. The number of hydrogen-bond donors (Lipinski definition) is 3. The number of benzene rings is 2. The van der Waals surface area contributed by atoms with Gasteiger partial charge in [0, 0.05) is 22.6 Å². The first-order valence-corrected chi connectivity index (χ1v) is 9.22. The second-order valence-corrected chi connectivity index (χ2v) is 7.00. The van der Waals surface area contributed by atoms with Crippen LogP contribution in [0.25, 0.3) is 0 Å². The maximum atomic E-state index is 12.1. The van der Waals surface area contributed by atoms with Gasteiger partial charge in [0.2, 0.25) is 0 Å². The molecular formula is C13H7Cl5N3O3S-. The quantitative estimate of drug-likeness (QED) is 0.304. The number of carbonyl (C=O) groups excluding carboxylic acids is 1. The molecule has 12 heteroatoms. The Morgan fingerprint density at radius 2 is 1.24 bits per heavy atom. The highest BCUT2D eigenvalue weighted by Crippen LogP contribution is 2.46. The summed E-state index contributed by atoms with van der Waals surface area (Å²) in [6.07, 6.45) is 0. The number of anilines is 3. The lowest BCUT2D eigenvalue weighted by molar-refractivity contribution is 0.262. The molecule has 0 radical (unpaired) electrons. The molecule has 6 nitrogen and oxygen atoms in total. The molecule has 0 fully saturated rings. The lowest BCUT2D eigenvalue weighted by Gasteiger charge is -2.14. The zero-order valence-electron chi connectivity index (χ0n) is 11.8. The van der Waals surface area contributed by atoms with Crippen molar-refractivity contribution in [1.82, 2.24) is 0 Å². The monoisotopic (exact) mass is 460 g/mol. The number of urea groups is 1. The van der Waals surface area contributed by atoms with Crippen LogP contribution in [-0.4, -0.2) is 14.8 Å². The van der Waals surface area contributed by atoms with E-state index in [4.69, 9.17) is 58.0 Å². The highest BCUT2D eigenvalue weighted by Gasteiger charge is 2.20. The number of nitrogens with one attached hydrogen (secondary N) is 3. The molecule has 25 heavy (non-hydrogen) atoms. The molecule has 134 valence electrons. The van der Waals surface area contributed by atoms with E-state index < -0.39 is 17.3 Å². The summed E-state index contributed by atoms with van der Waals surface area (Å²) < 4.78 is 23.2. The van der Waals surface area contributed by atoms with Crippen molar-refractivity contribution in [3.63, 3.8) is 0 Å². The van der Waals surface area contributed by atoms with Crippen molar-refractivity contribution in [3.05, 3.63) is 49.4 Å².